The number of halogens is 1. The molecule has 0 bridgehead atoms. The summed E-state index contributed by atoms with van der Waals surface area (Å²) in [6.07, 6.45) is 0.144. The number of amides is 2. The van der Waals surface area contributed by atoms with Crippen molar-refractivity contribution in [3.63, 3.8) is 0 Å². The molecule has 0 aliphatic carbocycles. The molecule has 2 amide bonds. The fourth-order valence-corrected chi connectivity index (χ4v) is 2.48. The molecule has 0 aromatic heterocycles. The monoisotopic (exact) mass is 654 g/mol. The van der Waals surface area contributed by atoms with Crippen molar-refractivity contribution in [3.05, 3.63) is 34.9 Å². The summed E-state index contributed by atoms with van der Waals surface area (Å²) >= 11 is 4.23. The predicted octanol–water partition coefficient (Wildman–Crippen LogP) is 1.71. The summed E-state index contributed by atoms with van der Waals surface area (Å²) in [6.45, 7) is 1.26. The van der Waals surface area contributed by atoms with E-state index in [-0.39, 0.29) is 18.4 Å². The Morgan fingerprint density at radius 2 is 1.65 bits per heavy atom. The molecule has 1 heterocycles. The Hall–Kier alpha value is -0.832. The van der Waals surface area contributed by atoms with Crippen molar-refractivity contribution in [2.24, 2.45) is 0 Å². The molecule has 9 heteroatoms. The van der Waals surface area contributed by atoms with Gasteiger partial charge in [-0.2, -0.15) is 0 Å². The number of hydrogen-bond acceptors (Lipinski definition) is 6. The van der Waals surface area contributed by atoms with Crippen molar-refractivity contribution in [3.8, 4) is 0 Å². The number of imide groups is 1. The number of benzene rings is 1. The predicted molar refractivity (Wildman–Crippen MR) is 101 cm³/mol. The summed E-state index contributed by atoms with van der Waals surface area (Å²) in [5, 5.41) is 0.556. The molecular weight excluding hydrogens is 632 g/mol. The minimum atomic E-state index is -0.751. The number of hydroxylamine groups is 2. The summed E-state index contributed by atoms with van der Waals surface area (Å²) in [4.78, 5) is 44.4. The van der Waals surface area contributed by atoms with E-state index in [4.69, 9.17) is 4.84 Å². The Balaban J connectivity index is 0.00000163. The zero-order valence-corrected chi connectivity index (χ0v) is 19.6. The van der Waals surface area contributed by atoms with E-state index < -0.39 is 17.8 Å². The zero-order valence-electron chi connectivity index (χ0n) is 15.2. The van der Waals surface area contributed by atoms with Gasteiger partial charge in [0.2, 0.25) is 0 Å². The van der Waals surface area contributed by atoms with Gasteiger partial charge in [0.25, 0.3) is 17.8 Å². The van der Waals surface area contributed by atoms with Crippen LogP contribution in [-0.4, -0.2) is 60.8 Å². The summed E-state index contributed by atoms with van der Waals surface area (Å²) < 4.78 is 0. The molecule has 26 heavy (non-hydrogen) atoms. The van der Waals surface area contributed by atoms with Gasteiger partial charge >= 0.3 is 35.5 Å². The van der Waals surface area contributed by atoms with Crippen molar-refractivity contribution in [2.75, 3.05) is 28.2 Å². The topological polar surface area (TPSA) is 70.2 Å². The van der Waals surface area contributed by atoms with Crippen LogP contribution in [0, 0.1) is 6.07 Å². The van der Waals surface area contributed by atoms with Gasteiger partial charge in [-0.3, -0.25) is 9.59 Å². The fourth-order valence-electron chi connectivity index (χ4n) is 2.48. The SMILES string of the molecule is CN(C)Cc1[c-]c(C(=O)ON2C(=O)CCC2=O)cc(CN(C)C)c1.[I][Pt+]. The normalized spacial score (nSPS) is 14.0. The molecule has 0 spiro atoms. The second-order valence-electron chi connectivity index (χ2n) is 6.36. The molecular formula is C17H22IN3O4Pt. The zero-order chi connectivity index (χ0) is 19.9. The van der Waals surface area contributed by atoms with E-state index in [1.54, 1.807) is 6.07 Å². The molecule has 1 aromatic carbocycles. The third-order valence-electron chi connectivity index (χ3n) is 3.37. The Labute approximate surface area is 175 Å². The Kier molecular flexibility index (Phi) is 9.92. The molecule has 1 aliphatic heterocycles. The maximum absolute atomic E-state index is 12.3. The number of carbonyl (C=O) groups is 3. The van der Waals surface area contributed by atoms with Gasteiger partial charge in [-0.05, 0) is 28.2 Å². The summed E-state index contributed by atoms with van der Waals surface area (Å²) in [7, 11) is 7.71. The van der Waals surface area contributed by atoms with Crippen LogP contribution >= 0.6 is 19.4 Å². The molecule has 2 rings (SSSR count). The van der Waals surface area contributed by atoms with Gasteiger partial charge < -0.3 is 19.4 Å². The van der Waals surface area contributed by atoms with Crippen molar-refractivity contribution in [2.45, 2.75) is 25.9 Å². The Morgan fingerprint density at radius 1 is 1.12 bits per heavy atom. The number of hydrogen-bond donors (Lipinski definition) is 0. The van der Waals surface area contributed by atoms with E-state index in [2.05, 4.69) is 41.6 Å². The van der Waals surface area contributed by atoms with E-state index in [1.165, 1.54) is 0 Å². The Bertz CT molecular complexity index is 623. The maximum atomic E-state index is 12.3. The summed E-state index contributed by atoms with van der Waals surface area (Å²) in [5.41, 5.74) is 1.98. The summed E-state index contributed by atoms with van der Waals surface area (Å²) in [6, 6.07) is 6.66. The first-order valence-electron chi connectivity index (χ1n) is 7.81. The van der Waals surface area contributed by atoms with Gasteiger partial charge in [0.15, 0.2) is 0 Å². The van der Waals surface area contributed by atoms with Gasteiger partial charge in [-0.1, -0.05) is 5.56 Å². The van der Waals surface area contributed by atoms with Gasteiger partial charge in [-0.25, -0.2) is 0 Å². The molecule has 146 valence electrons. The van der Waals surface area contributed by atoms with Crippen molar-refractivity contribution in [1.29, 1.82) is 0 Å². The van der Waals surface area contributed by atoms with Crippen LogP contribution in [0.4, 0.5) is 0 Å². The second-order valence-corrected chi connectivity index (χ2v) is 6.36. The van der Waals surface area contributed by atoms with Crippen LogP contribution in [0.25, 0.3) is 0 Å². The number of nitrogens with zero attached hydrogens (tertiary/aromatic N) is 3. The second kappa shape index (κ2) is 11.1. The van der Waals surface area contributed by atoms with Crippen LogP contribution < -0.4 is 0 Å². The molecule has 1 aromatic rings. The third-order valence-corrected chi connectivity index (χ3v) is 3.37. The van der Waals surface area contributed by atoms with Crippen molar-refractivity contribution < 1.29 is 35.4 Å². The van der Waals surface area contributed by atoms with Gasteiger partial charge in [-0.15, -0.1) is 34.4 Å². The van der Waals surface area contributed by atoms with Crippen LogP contribution in [0.15, 0.2) is 12.1 Å². The van der Waals surface area contributed by atoms with Crippen molar-refractivity contribution in [1.82, 2.24) is 14.9 Å². The van der Waals surface area contributed by atoms with E-state index in [9.17, 15) is 14.4 Å². The number of rotatable bonds is 6. The average Bonchev–Trinajstić information content (AvgIpc) is 2.87. The quantitative estimate of drug-likeness (QED) is 0.265. The fraction of sp³-hybridized carbons (Fsp3) is 0.471. The van der Waals surface area contributed by atoms with Gasteiger partial charge in [0.1, 0.15) is 0 Å². The van der Waals surface area contributed by atoms with E-state index in [0.717, 1.165) is 11.1 Å². The van der Waals surface area contributed by atoms with Crippen LogP contribution in [0.5, 0.6) is 0 Å². The molecule has 0 N–H and O–H groups in total. The molecule has 1 aliphatic rings. The average molecular weight is 654 g/mol. The van der Waals surface area contributed by atoms with Gasteiger partial charge in [0, 0.05) is 25.9 Å². The first kappa shape index (κ1) is 23.2. The van der Waals surface area contributed by atoms with Crippen molar-refractivity contribution >= 4 is 37.1 Å². The van der Waals surface area contributed by atoms with Crippen LogP contribution in [0.2, 0.25) is 0 Å². The van der Waals surface area contributed by atoms with E-state index >= 15 is 0 Å². The standard InChI is InChI=1S/C17H22N3O4.HI.Pt/c1-18(2)10-12-7-13(11-19(3)4)9-14(8-12)17(23)24-20-15(21)5-6-16(20)22;;/h7-8H,5-6,10-11H2,1-4H3;1H;/q-1;;+2/p-1. The third kappa shape index (κ3) is 7.06. The first-order valence-corrected chi connectivity index (χ1v) is 14.2. The molecule has 7 nitrogen and oxygen atoms in total. The van der Waals surface area contributed by atoms with Crippen LogP contribution in [0.1, 0.15) is 34.3 Å². The minimum absolute atomic E-state index is 0.0718. The van der Waals surface area contributed by atoms with E-state index in [0.29, 0.717) is 18.2 Å². The van der Waals surface area contributed by atoms with Crippen LogP contribution in [-0.2, 0) is 43.6 Å². The van der Waals surface area contributed by atoms with Crippen LogP contribution in [0.3, 0.4) is 0 Å². The molecule has 0 radical (unpaired) electrons. The first-order chi connectivity index (χ1) is 12.3. The molecule has 1 fully saturated rings. The van der Waals surface area contributed by atoms with Gasteiger partial charge in [0.05, 0.1) is 0 Å². The molecule has 0 unspecified atom stereocenters. The molecule has 1 saturated heterocycles. The molecule has 0 saturated carbocycles. The summed E-state index contributed by atoms with van der Waals surface area (Å²) in [5.74, 6) is -1.74. The van der Waals surface area contributed by atoms with E-state index in [1.807, 2.05) is 44.1 Å². The molecule has 0 atom stereocenters. The number of carbonyl (C=O) groups excluding carboxylic acids is 3. The Morgan fingerprint density at radius 3 is 2.15 bits per heavy atom.